The van der Waals surface area contributed by atoms with Crippen LogP contribution in [-0.2, 0) is 16.0 Å². The maximum absolute atomic E-state index is 12.5. The number of allylic oxidation sites excluding steroid dienone is 1. The largest absolute Gasteiger partial charge is 0.481 e. The minimum atomic E-state index is -0.774. The summed E-state index contributed by atoms with van der Waals surface area (Å²) in [7, 11) is 0. The van der Waals surface area contributed by atoms with E-state index in [4.69, 9.17) is 5.11 Å². The monoisotopic (exact) mass is 401 g/mol. The minimum Gasteiger partial charge on any atom is -0.481 e. The molecule has 0 bridgehead atoms. The summed E-state index contributed by atoms with van der Waals surface area (Å²) in [5.41, 5.74) is 1.24. The number of aliphatic hydroxyl groups excluding tert-OH is 1. The maximum atomic E-state index is 12.5. The van der Waals surface area contributed by atoms with Crippen LogP contribution in [0, 0.1) is 5.92 Å². The number of aliphatic hydroxyl groups is 1. The van der Waals surface area contributed by atoms with E-state index in [1.165, 1.54) is 5.56 Å². The molecule has 0 aliphatic carbocycles. The standard InChI is InChI=1S/C24H35NO4/c1-19(18-21(26)16-15-20-10-5-4-6-11-20)22-12-9-13-23(27)25(22)17-8-3-2-7-14-24(28)29/h3-6,8,10-11,19,21-22,26H,2,7,9,12-18H2,1H3,(H,28,29)/b8-3-/t19-,21?,22+/m0/s1. The number of carboxylic acid groups (broad SMARTS) is 1. The summed E-state index contributed by atoms with van der Waals surface area (Å²) in [6.07, 6.45) is 9.87. The summed E-state index contributed by atoms with van der Waals surface area (Å²) in [5, 5.41) is 19.2. The number of hydrogen-bond acceptors (Lipinski definition) is 3. The number of piperidine rings is 1. The Labute approximate surface area is 174 Å². The van der Waals surface area contributed by atoms with Crippen LogP contribution < -0.4 is 0 Å². The van der Waals surface area contributed by atoms with E-state index >= 15 is 0 Å². The summed E-state index contributed by atoms with van der Waals surface area (Å²) in [5.74, 6) is -0.350. The van der Waals surface area contributed by atoms with E-state index in [-0.39, 0.29) is 30.4 Å². The number of carbonyl (C=O) groups excluding carboxylic acids is 1. The van der Waals surface area contributed by atoms with Crippen LogP contribution in [0.2, 0.25) is 0 Å². The molecule has 0 saturated carbocycles. The quantitative estimate of drug-likeness (QED) is 0.406. The van der Waals surface area contributed by atoms with Gasteiger partial charge in [0, 0.05) is 25.4 Å². The Bertz CT molecular complexity index is 658. The first kappa shape index (κ1) is 23.1. The zero-order valence-corrected chi connectivity index (χ0v) is 17.5. The van der Waals surface area contributed by atoms with Crippen molar-refractivity contribution < 1.29 is 19.8 Å². The van der Waals surface area contributed by atoms with E-state index in [9.17, 15) is 14.7 Å². The highest BCUT2D eigenvalue weighted by Gasteiger charge is 2.31. The molecule has 1 aliphatic heterocycles. The average molecular weight is 402 g/mol. The Balaban J connectivity index is 1.81. The molecule has 2 N–H and O–H groups in total. The second kappa shape index (κ2) is 12.4. The van der Waals surface area contributed by atoms with Crippen LogP contribution in [0.25, 0.3) is 0 Å². The number of rotatable bonds is 12. The first-order chi connectivity index (χ1) is 14.0. The molecule has 1 aromatic carbocycles. The number of amides is 1. The van der Waals surface area contributed by atoms with Crippen molar-refractivity contribution in [3.05, 3.63) is 48.0 Å². The highest BCUT2D eigenvalue weighted by Crippen LogP contribution is 2.27. The summed E-state index contributed by atoms with van der Waals surface area (Å²) < 4.78 is 0. The van der Waals surface area contributed by atoms with Gasteiger partial charge in [-0.3, -0.25) is 9.59 Å². The van der Waals surface area contributed by atoms with Crippen molar-refractivity contribution >= 4 is 11.9 Å². The average Bonchev–Trinajstić information content (AvgIpc) is 2.70. The van der Waals surface area contributed by atoms with Gasteiger partial charge in [0.25, 0.3) is 0 Å². The number of benzene rings is 1. The molecule has 3 atom stereocenters. The lowest BCUT2D eigenvalue weighted by Gasteiger charge is -2.39. The lowest BCUT2D eigenvalue weighted by Crippen LogP contribution is -2.47. The van der Waals surface area contributed by atoms with E-state index in [1.54, 1.807) is 0 Å². The van der Waals surface area contributed by atoms with Gasteiger partial charge in [0.1, 0.15) is 0 Å². The third-order valence-corrected chi connectivity index (χ3v) is 5.75. The number of hydrogen-bond donors (Lipinski definition) is 2. The smallest absolute Gasteiger partial charge is 0.303 e. The number of likely N-dealkylation sites (tertiary alicyclic amines) is 1. The van der Waals surface area contributed by atoms with E-state index < -0.39 is 5.97 Å². The fourth-order valence-corrected chi connectivity index (χ4v) is 4.13. The van der Waals surface area contributed by atoms with Gasteiger partial charge >= 0.3 is 5.97 Å². The normalized spacial score (nSPS) is 19.4. The number of aliphatic carboxylic acids is 1. The molecule has 1 unspecified atom stereocenters. The molecular formula is C24H35NO4. The first-order valence-electron chi connectivity index (χ1n) is 10.9. The van der Waals surface area contributed by atoms with Crippen LogP contribution in [-0.4, -0.2) is 45.7 Å². The van der Waals surface area contributed by atoms with E-state index in [0.717, 1.165) is 25.7 Å². The van der Waals surface area contributed by atoms with Crippen molar-refractivity contribution in [1.82, 2.24) is 4.90 Å². The first-order valence-corrected chi connectivity index (χ1v) is 10.9. The molecule has 1 amide bonds. The Kier molecular flexibility index (Phi) is 9.92. The fourth-order valence-electron chi connectivity index (χ4n) is 4.13. The third-order valence-electron chi connectivity index (χ3n) is 5.75. The van der Waals surface area contributed by atoms with Crippen molar-refractivity contribution in [1.29, 1.82) is 0 Å². The summed E-state index contributed by atoms with van der Waals surface area (Å²) in [6, 6.07) is 10.4. The molecule has 0 aromatic heterocycles. The van der Waals surface area contributed by atoms with Crippen LogP contribution in [0.5, 0.6) is 0 Å². The van der Waals surface area contributed by atoms with Crippen molar-refractivity contribution in [2.75, 3.05) is 6.54 Å². The lowest BCUT2D eigenvalue weighted by molar-refractivity contribution is -0.138. The summed E-state index contributed by atoms with van der Waals surface area (Å²) >= 11 is 0. The Hall–Kier alpha value is -2.14. The SMILES string of the molecule is C[C@@H](CC(O)CCc1ccccc1)[C@H]1CCCC(=O)N1C/C=C\CCCC(=O)O. The van der Waals surface area contributed by atoms with Crippen LogP contribution in [0.15, 0.2) is 42.5 Å². The van der Waals surface area contributed by atoms with Crippen LogP contribution in [0.4, 0.5) is 0 Å². The molecule has 5 nitrogen and oxygen atoms in total. The van der Waals surface area contributed by atoms with Crippen molar-refractivity contribution in [3.8, 4) is 0 Å². The lowest BCUT2D eigenvalue weighted by atomic mass is 9.86. The number of carboxylic acids is 1. The molecular weight excluding hydrogens is 366 g/mol. The maximum Gasteiger partial charge on any atom is 0.303 e. The number of carbonyl (C=O) groups is 2. The summed E-state index contributed by atoms with van der Waals surface area (Å²) in [4.78, 5) is 25.0. The van der Waals surface area contributed by atoms with Gasteiger partial charge in [-0.15, -0.1) is 0 Å². The molecule has 1 aromatic rings. The van der Waals surface area contributed by atoms with Gasteiger partial charge in [0.2, 0.25) is 5.91 Å². The molecule has 1 aliphatic rings. The van der Waals surface area contributed by atoms with Crippen molar-refractivity contribution in [2.45, 2.75) is 76.9 Å². The second-order valence-corrected chi connectivity index (χ2v) is 8.15. The fraction of sp³-hybridized carbons (Fsp3) is 0.583. The van der Waals surface area contributed by atoms with Gasteiger partial charge in [0.15, 0.2) is 0 Å². The molecule has 1 saturated heterocycles. The Morgan fingerprint density at radius 3 is 2.76 bits per heavy atom. The van der Waals surface area contributed by atoms with E-state index in [1.807, 2.05) is 35.3 Å². The predicted molar refractivity (Wildman–Crippen MR) is 115 cm³/mol. The molecule has 0 radical (unpaired) electrons. The highest BCUT2D eigenvalue weighted by molar-refractivity contribution is 5.77. The minimum absolute atomic E-state index is 0.159. The molecule has 0 spiro atoms. The molecule has 1 fully saturated rings. The topological polar surface area (TPSA) is 77.8 Å². The van der Waals surface area contributed by atoms with E-state index in [2.05, 4.69) is 19.1 Å². The molecule has 1 heterocycles. The molecule has 5 heteroatoms. The number of nitrogens with zero attached hydrogens (tertiary/aromatic N) is 1. The van der Waals surface area contributed by atoms with Crippen molar-refractivity contribution in [3.63, 3.8) is 0 Å². The number of aryl methyl sites for hydroxylation is 1. The number of unbranched alkanes of at least 4 members (excludes halogenated alkanes) is 1. The molecule has 2 rings (SSSR count). The van der Waals surface area contributed by atoms with Gasteiger partial charge in [-0.05, 0) is 56.4 Å². The molecule has 160 valence electrons. The zero-order chi connectivity index (χ0) is 21.1. The van der Waals surface area contributed by atoms with E-state index in [0.29, 0.717) is 32.2 Å². The van der Waals surface area contributed by atoms with Gasteiger partial charge in [0.05, 0.1) is 6.10 Å². The Morgan fingerprint density at radius 2 is 2.03 bits per heavy atom. The van der Waals surface area contributed by atoms with Crippen molar-refractivity contribution in [2.24, 2.45) is 5.92 Å². The van der Waals surface area contributed by atoms with Gasteiger partial charge < -0.3 is 15.1 Å². The van der Waals surface area contributed by atoms with Gasteiger partial charge in [-0.1, -0.05) is 49.4 Å². The van der Waals surface area contributed by atoms with Gasteiger partial charge in [-0.2, -0.15) is 0 Å². The van der Waals surface area contributed by atoms with Crippen LogP contribution in [0.3, 0.4) is 0 Å². The van der Waals surface area contributed by atoms with Crippen LogP contribution in [0.1, 0.15) is 63.9 Å². The third kappa shape index (κ3) is 8.40. The summed E-state index contributed by atoms with van der Waals surface area (Å²) in [6.45, 7) is 2.71. The predicted octanol–water partition coefficient (Wildman–Crippen LogP) is 4.20. The van der Waals surface area contributed by atoms with Gasteiger partial charge in [-0.25, -0.2) is 0 Å². The second-order valence-electron chi connectivity index (χ2n) is 8.15. The molecule has 29 heavy (non-hydrogen) atoms. The highest BCUT2D eigenvalue weighted by atomic mass is 16.4. The zero-order valence-electron chi connectivity index (χ0n) is 17.5. The Morgan fingerprint density at radius 1 is 1.28 bits per heavy atom. The van der Waals surface area contributed by atoms with Crippen LogP contribution >= 0.6 is 0 Å².